The molecule has 6 heteroatoms. The number of aromatic nitrogens is 3. The molecule has 0 aliphatic carbocycles. The van der Waals surface area contributed by atoms with E-state index in [2.05, 4.69) is 52.4 Å². The summed E-state index contributed by atoms with van der Waals surface area (Å²) in [6, 6.07) is 0.460. The zero-order chi connectivity index (χ0) is 14.0. The molecule has 1 aliphatic heterocycles. The van der Waals surface area contributed by atoms with E-state index in [0.29, 0.717) is 29.8 Å². The Morgan fingerprint density at radius 3 is 2.42 bits per heavy atom. The molecule has 0 spiro atoms. The van der Waals surface area contributed by atoms with Gasteiger partial charge in [-0.05, 0) is 33.1 Å². The van der Waals surface area contributed by atoms with Crippen molar-refractivity contribution in [3.05, 3.63) is 0 Å². The lowest BCUT2D eigenvalue weighted by Gasteiger charge is -2.24. The molecule has 0 saturated carbocycles. The molecule has 6 nitrogen and oxygen atoms in total. The molecular weight excluding hydrogens is 240 g/mol. The van der Waals surface area contributed by atoms with Crippen molar-refractivity contribution in [3.8, 4) is 0 Å². The molecule has 2 rings (SSSR count). The maximum Gasteiger partial charge on any atom is 0.232 e. The standard InChI is InChI=1S/C13H24N6/c1-5-18(6-2)12-15-11(14)16-13(17-12)19-8-9(3)7-10(19)4/h9-10H,5-8H2,1-4H3,(H2,14,15,16,17). The van der Waals surface area contributed by atoms with Gasteiger partial charge in [0.2, 0.25) is 17.8 Å². The Balaban J connectivity index is 2.31. The van der Waals surface area contributed by atoms with Crippen molar-refractivity contribution in [1.29, 1.82) is 0 Å². The Morgan fingerprint density at radius 1 is 1.21 bits per heavy atom. The van der Waals surface area contributed by atoms with Crippen molar-refractivity contribution in [2.45, 2.75) is 40.2 Å². The monoisotopic (exact) mass is 264 g/mol. The number of nitrogens with two attached hydrogens (primary N) is 1. The van der Waals surface area contributed by atoms with Gasteiger partial charge in [-0.3, -0.25) is 0 Å². The predicted molar refractivity (Wildman–Crippen MR) is 78.4 cm³/mol. The minimum atomic E-state index is 0.304. The fourth-order valence-corrected chi connectivity index (χ4v) is 2.72. The molecule has 1 aliphatic rings. The molecule has 2 atom stereocenters. The molecule has 2 unspecified atom stereocenters. The van der Waals surface area contributed by atoms with Crippen molar-refractivity contribution < 1.29 is 0 Å². The van der Waals surface area contributed by atoms with E-state index < -0.39 is 0 Å². The molecule has 0 bridgehead atoms. The fraction of sp³-hybridized carbons (Fsp3) is 0.769. The molecule has 1 saturated heterocycles. The zero-order valence-corrected chi connectivity index (χ0v) is 12.3. The maximum absolute atomic E-state index is 5.84. The summed E-state index contributed by atoms with van der Waals surface area (Å²) >= 11 is 0. The van der Waals surface area contributed by atoms with Crippen LogP contribution in [0.25, 0.3) is 0 Å². The Kier molecular flexibility index (Phi) is 4.07. The molecule has 1 aromatic heterocycles. The summed E-state index contributed by atoms with van der Waals surface area (Å²) in [6.07, 6.45) is 1.17. The summed E-state index contributed by atoms with van der Waals surface area (Å²) in [5, 5.41) is 0. The first-order valence-electron chi connectivity index (χ1n) is 7.08. The molecule has 0 amide bonds. The van der Waals surface area contributed by atoms with Crippen molar-refractivity contribution in [2.75, 3.05) is 35.2 Å². The quantitative estimate of drug-likeness (QED) is 0.889. The van der Waals surface area contributed by atoms with E-state index in [4.69, 9.17) is 5.73 Å². The fourth-order valence-electron chi connectivity index (χ4n) is 2.72. The van der Waals surface area contributed by atoms with E-state index in [1.54, 1.807) is 0 Å². The van der Waals surface area contributed by atoms with E-state index in [-0.39, 0.29) is 0 Å². The number of nitrogen functional groups attached to an aromatic ring is 1. The third-order valence-electron chi connectivity index (χ3n) is 3.72. The highest BCUT2D eigenvalue weighted by Gasteiger charge is 2.28. The van der Waals surface area contributed by atoms with Gasteiger partial charge in [-0.1, -0.05) is 6.92 Å². The normalized spacial score (nSPS) is 22.8. The van der Waals surface area contributed by atoms with E-state index in [1.807, 2.05) is 0 Å². The van der Waals surface area contributed by atoms with Gasteiger partial charge in [0.25, 0.3) is 0 Å². The van der Waals surface area contributed by atoms with Gasteiger partial charge in [-0.2, -0.15) is 15.0 Å². The molecular formula is C13H24N6. The third-order valence-corrected chi connectivity index (χ3v) is 3.72. The van der Waals surface area contributed by atoms with Crippen LogP contribution in [0.3, 0.4) is 0 Å². The van der Waals surface area contributed by atoms with E-state index in [1.165, 1.54) is 6.42 Å². The maximum atomic E-state index is 5.84. The van der Waals surface area contributed by atoms with Crippen LogP contribution in [0.2, 0.25) is 0 Å². The average molecular weight is 264 g/mol. The Bertz CT molecular complexity index is 431. The van der Waals surface area contributed by atoms with Crippen molar-refractivity contribution in [2.24, 2.45) is 5.92 Å². The molecule has 2 heterocycles. The van der Waals surface area contributed by atoms with Gasteiger partial charge >= 0.3 is 0 Å². The Hall–Kier alpha value is -1.59. The van der Waals surface area contributed by atoms with E-state index >= 15 is 0 Å². The first-order valence-corrected chi connectivity index (χ1v) is 7.08. The number of hydrogen-bond acceptors (Lipinski definition) is 6. The summed E-state index contributed by atoms with van der Waals surface area (Å²) in [7, 11) is 0. The number of rotatable bonds is 4. The lowest BCUT2D eigenvalue weighted by Crippen LogP contribution is -2.31. The van der Waals surface area contributed by atoms with Gasteiger partial charge in [0.05, 0.1) is 0 Å². The Morgan fingerprint density at radius 2 is 1.89 bits per heavy atom. The summed E-state index contributed by atoms with van der Waals surface area (Å²) in [5.41, 5.74) is 5.84. The number of hydrogen-bond donors (Lipinski definition) is 1. The van der Waals surface area contributed by atoms with Gasteiger partial charge < -0.3 is 15.5 Å². The lowest BCUT2D eigenvalue weighted by atomic mass is 10.1. The molecule has 1 fully saturated rings. The van der Waals surface area contributed by atoms with Crippen LogP contribution in [0.15, 0.2) is 0 Å². The minimum Gasteiger partial charge on any atom is -0.368 e. The Labute approximate surface area is 115 Å². The predicted octanol–water partition coefficient (Wildman–Crippen LogP) is 1.53. The van der Waals surface area contributed by atoms with E-state index in [9.17, 15) is 0 Å². The smallest absolute Gasteiger partial charge is 0.232 e. The second-order valence-electron chi connectivity index (χ2n) is 5.31. The van der Waals surface area contributed by atoms with Crippen LogP contribution in [0.4, 0.5) is 17.8 Å². The summed E-state index contributed by atoms with van der Waals surface area (Å²) in [4.78, 5) is 17.5. The number of anilines is 3. The van der Waals surface area contributed by atoms with Crippen molar-refractivity contribution >= 4 is 17.8 Å². The van der Waals surface area contributed by atoms with Gasteiger partial charge in [0.15, 0.2) is 0 Å². The van der Waals surface area contributed by atoms with Crippen LogP contribution >= 0.6 is 0 Å². The van der Waals surface area contributed by atoms with Crippen LogP contribution < -0.4 is 15.5 Å². The number of nitrogens with zero attached hydrogens (tertiary/aromatic N) is 5. The summed E-state index contributed by atoms with van der Waals surface area (Å²) < 4.78 is 0. The molecule has 1 aromatic rings. The molecule has 2 N–H and O–H groups in total. The molecule has 19 heavy (non-hydrogen) atoms. The second-order valence-corrected chi connectivity index (χ2v) is 5.31. The highest BCUT2D eigenvalue weighted by atomic mass is 15.4. The summed E-state index contributed by atoms with van der Waals surface area (Å²) in [6.45, 7) is 11.4. The van der Waals surface area contributed by atoms with Gasteiger partial charge in [0, 0.05) is 25.7 Å². The van der Waals surface area contributed by atoms with Crippen LogP contribution in [-0.4, -0.2) is 40.6 Å². The van der Waals surface area contributed by atoms with Crippen LogP contribution in [0.1, 0.15) is 34.1 Å². The average Bonchev–Trinajstić information content (AvgIpc) is 2.69. The first kappa shape index (κ1) is 13.8. The first-order chi connectivity index (χ1) is 9.05. The second kappa shape index (κ2) is 5.59. The van der Waals surface area contributed by atoms with Crippen LogP contribution in [-0.2, 0) is 0 Å². The largest absolute Gasteiger partial charge is 0.368 e. The molecule has 106 valence electrons. The van der Waals surface area contributed by atoms with Gasteiger partial charge in [-0.25, -0.2) is 0 Å². The van der Waals surface area contributed by atoms with E-state index in [0.717, 1.165) is 19.6 Å². The van der Waals surface area contributed by atoms with Crippen LogP contribution in [0, 0.1) is 5.92 Å². The minimum absolute atomic E-state index is 0.304. The third kappa shape index (κ3) is 2.88. The SMILES string of the molecule is CCN(CC)c1nc(N)nc(N2CC(C)CC2C)n1. The molecule has 0 aromatic carbocycles. The highest BCUT2D eigenvalue weighted by molar-refractivity contribution is 5.44. The summed E-state index contributed by atoms with van der Waals surface area (Å²) in [5.74, 6) is 2.37. The van der Waals surface area contributed by atoms with Gasteiger partial charge in [-0.15, -0.1) is 0 Å². The van der Waals surface area contributed by atoms with Crippen molar-refractivity contribution in [1.82, 2.24) is 15.0 Å². The van der Waals surface area contributed by atoms with Crippen LogP contribution in [0.5, 0.6) is 0 Å². The zero-order valence-electron chi connectivity index (χ0n) is 12.3. The lowest BCUT2D eigenvalue weighted by molar-refractivity contribution is 0.624. The molecule has 0 radical (unpaired) electrons. The topological polar surface area (TPSA) is 71.2 Å². The van der Waals surface area contributed by atoms with Gasteiger partial charge in [0.1, 0.15) is 0 Å². The van der Waals surface area contributed by atoms with Crippen molar-refractivity contribution in [3.63, 3.8) is 0 Å². The highest BCUT2D eigenvalue weighted by Crippen LogP contribution is 2.27.